The molecule has 0 saturated carbocycles. The van der Waals surface area contributed by atoms with Gasteiger partial charge in [-0.25, -0.2) is 12.8 Å². The first-order valence-electron chi connectivity index (χ1n) is 13.0. The Hall–Kier alpha value is -3.72. The molecule has 0 saturated heterocycles. The number of amides is 2. The fourth-order valence-corrected chi connectivity index (χ4v) is 5.51. The summed E-state index contributed by atoms with van der Waals surface area (Å²) in [6, 6.07) is 19.6. The number of hydrogen-bond acceptors (Lipinski definition) is 4. The summed E-state index contributed by atoms with van der Waals surface area (Å²) in [6.07, 6.45) is 0.337. The van der Waals surface area contributed by atoms with E-state index in [2.05, 4.69) is 5.32 Å². The van der Waals surface area contributed by atoms with Gasteiger partial charge in [-0.3, -0.25) is 13.9 Å². The van der Waals surface area contributed by atoms with Crippen molar-refractivity contribution in [3.05, 3.63) is 95.8 Å². The van der Waals surface area contributed by atoms with E-state index in [9.17, 15) is 22.4 Å². The van der Waals surface area contributed by atoms with Gasteiger partial charge in [-0.15, -0.1) is 0 Å². The Balaban J connectivity index is 2.02. The third kappa shape index (κ3) is 7.89. The number of sulfonamides is 1. The van der Waals surface area contributed by atoms with Crippen molar-refractivity contribution < 1.29 is 22.4 Å². The number of carbonyl (C=O) groups excluding carboxylic acids is 2. The van der Waals surface area contributed by atoms with Crippen LogP contribution < -0.4 is 9.62 Å². The molecule has 208 valence electrons. The maximum absolute atomic E-state index is 13.9. The van der Waals surface area contributed by atoms with Crippen LogP contribution in [0.2, 0.25) is 0 Å². The molecule has 1 atom stereocenters. The van der Waals surface area contributed by atoms with Gasteiger partial charge in [-0.1, -0.05) is 68.8 Å². The van der Waals surface area contributed by atoms with Gasteiger partial charge in [0.25, 0.3) is 10.0 Å². The molecule has 39 heavy (non-hydrogen) atoms. The van der Waals surface area contributed by atoms with Crippen molar-refractivity contribution in [1.29, 1.82) is 0 Å². The molecule has 9 heteroatoms. The Labute approximate surface area is 230 Å². The molecule has 1 N–H and O–H groups in total. The molecular weight excluding hydrogens is 517 g/mol. The normalized spacial score (nSPS) is 12.2. The molecule has 0 fully saturated rings. The van der Waals surface area contributed by atoms with Crippen molar-refractivity contribution >= 4 is 27.5 Å². The van der Waals surface area contributed by atoms with E-state index < -0.39 is 34.3 Å². The van der Waals surface area contributed by atoms with Gasteiger partial charge in [-0.2, -0.15) is 0 Å². The maximum Gasteiger partial charge on any atom is 0.264 e. The number of benzene rings is 3. The Kier molecular flexibility index (Phi) is 10.2. The maximum atomic E-state index is 13.9. The minimum absolute atomic E-state index is 0.00144. The highest BCUT2D eigenvalue weighted by atomic mass is 32.2. The average molecular weight is 554 g/mol. The lowest BCUT2D eigenvalue weighted by molar-refractivity contribution is -0.140. The van der Waals surface area contributed by atoms with Gasteiger partial charge in [-0.05, 0) is 61.2 Å². The molecule has 0 unspecified atom stereocenters. The lowest BCUT2D eigenvalue weighted by Crippen LogP contribution is -2.52. The summed E-state index contributed by atoms with van der Waals surface area (Å²) in [7, 11) is -4.20. The standard InChI is InChI=1S/C30H36FN3O4S/c1-5-28(30(36)32-19-22(2)3)33(20-24-9-7-6-8-10-24)29(35)21-34(26-15-13-25(31)14-16-26)39(37,38)27-17-11-23(4)12-18-27/h6-18,22,28H,5,19-21H2,1-4H3,(H,32,36)/t28-/m0/s1. The van der Waals surface area contributed by atoms with Crippen molar-refractivity contribution in [1.82, 2.24) is 10.2 Å². The Morgan fingerprint density at radius 2 is 1.54 bits per heavy atom. The van der Waals surface area contributed by atoms with Gasteiger partial charge in [0.05, 0.1) is 10.6 Å². The zero-order valence-corrected chi connectivity index (χ0v) is 23.6. The summed E-state index contributed by atoms with van der Waals surface area (Å²) in [5.74, 6) is -1.16. The molecule has 0 aliphatic rings. The quantitative estimate of drug-likeness (QED) is 0.345. The number of nitrogens with one attached hydrogen (secondary N) is 1. The summed E-state index contributed by atoms with van der Waals surface area (Å²) < 4.78 is 42.3. The molecule has 0 aliphatic carbocycles. The first-order chi connectivity index (χ1) is 18.5. The van der Waals surface area contributed by atoms with Gasteiger partial charge in [0.1, 0.15) is 18.4 Å². The smallest absolute Gasteiger partial charge is 0.264 e. The van der Waals surface area contributed by atoms with E-state index in [-0.39, 0.29) is 29.0 Å². The minimum atomic E-state index is -4.20. The molecule has 7 nitrogen and oxygen atoms in total. The van der Waals surface area contributed by atoms with Crippen LogP contribution in [0, 0.1) is 18.7 Å². The Bertz CT molecular complexity index is 1350. The van der Waals surface area contributed by atoms with E-state index in [1.807, 2.05) is 58.0 Å². The van der Waals surface area contributed by atoms with Crippen LogP contribution in [-0.4, -0.2) is 44.3 Å². The zero-order chi connectivity index (χ0) is 28.6. The summed E-state index contributed by atoms with van der Waals surface area (Å²) in [5, 5.41) is 2.90. The summed E-state index contributed by atoms with van der Waals surface area (Å²) in [4.78, 5) is 28.5. The van der Waals surface area contributed by atoms with E-state index in [0.29, 0.717) is 13.0 Å². The van der Waals surface area contributed by atoms with Crippen LogP contribution in [0.5, 0.6) is 0 Å². The number of anilines is 1. The number of halogens is 1. The molecule has 0 aliphatic heterocycles. The molecular formula is C30H36FN3O4S. The van der Waals surface area contributed by atoms with E-state index in [1.165, 1.54) is 29.2 Å². The Morgan fingerprint density at radius 3 is 2.10 bits per heavy atom. The lowest BCUT2D eigenvalue weighted by Gasteiger charge is -2.33. The first-order valence-corrected chi connectivity index (χ1v) is 14.4. The van der Waals surface area contributed by atoms with Gasteiger partial charge >= 0.3 is 0 Å². The predicted octanol–water partition coefficient (Wildman–Crippen LogP) is 4.91. The number of carbonyl (C=O) groups is 2. The van der Waals surface area contributed by atoms with E-state index in [4.69, 9.17) is 0 Å². The highest BCUT2D eigenvalue weighted by molar-refractivity contribution is 7.92. The second-order valence-corrected chi connectivity index (χ2v) is 11.7. The van der Waals surface area contributed by atoms with Gasteiger partial charge < -0.3 is 10.2 Å². The largest absolute Gasteiger partial charge is 0.354 e. The van der Waals surface area contributed by atoms with E-state index in [1.54, 1.807) is 12.1 Å². The topological polar surface area (TPSA) is 86.8 Å². The monoisotopic (exact) mass is 553 g/mol. The molecule has 0 bridgehead atoms. The van der Waals surface area contributed by atoms with Crippen LogP contribution in [0.3, 0.4) is 0 Å². The van der Waals surface area contributed by atoms with Crippen LogP contribution >= 0.6 is 0 Å². The van der Waals surface area contributed by atoms with Crippen LogP contribution in [0.15, 0.2) is 83.8 Å². The number of rotatable bonds is 12. The van der Waals surface area contributed by atoms with Crippen molar-refractivity contribution in [2.45, 2.75) is 51.6 Å². The second kappa shape index (κ2) is 13.4. The molecule has 2 amide bonds. The molecule has 3 rings (SSSR count). The van der Waals surface area contributed by atoms with Crippen molar-refractivity contribution in [2.75, 3.05) is 17.4 Å². The average Bonchev–Trinajstić information content (AvgIpc) is 2.91. The molecule has 0 heterocycles. The number of nitrogens with zero attached hydrogens (tertiary/aromatic N) is 2. The minimum Gasteiger partial charge on any atom is -0.354 e. The van der Waals surface area contributed by atoms with Crippen LogP contribution in [0.25, 0.3) is 0 Å². The first kappa shape index (κ1) is 29.8. The molecule has 0 radical (unpaired) electrons. The van der Waals surface area contributed by atoms with Crippen molar-refractivity contribution in [3.8, 4) is 0 Å². The third-order valence-electron chi connectivity index (χ3n) is 6.27. The lowest BCUT2D eigenvalue weighted by atomic mass is 10.1. The highest BCUT2D eigenvalue weighted by Gasteiger charge is 2.33. The van der Waals surface area contributed by atoms with Crippen LogP contribution in [-0.2, 0) is 26.2 Å². The van der Waals surface area contributed by atoms with Crippen LogP contribution in [0.4, 0.5) is 10.1 Å². The van der Waals surface area contributed by atoms with E-state index in [0.717, 1.165) is 27.6 Å². The summed E-state index contributed by atoms with van der Waals surface area (Å²) in [6.45, 7) is 7.61. The predicted molar refractivity (Wildman–Crippen MR) is 151 cm³/mol. The molecule has 3 aromatic carbocycles. The second-order valence-electron chi connectivity index (χ2n) is 9.87. The van der Waals surface area contributed by atoms with Gasteiger partial charge in [0.2, 0.25) is 11.8 Å². The zero-order valence-electron chi connectivity index (χ0n) is 22.8. The number of aryl methyl sites for hydroxylation is 1. The summed E-state index contributed by atoms with van der Waals surface area (Å²) in [5.41, 5.74) is 1.82. The SMILES string of the molecule is CC[C@@H](C(=O)NCC(C)C)N(Cc1ccccc1)C(=O)CN(c1ccc(F)cc1)S(=O)(=O)c1ccc(C)cc1. The number of hydrogen-bond donors (Lipinski definition) is 1. The molecule has 0 aromatic heterocycles. The highest BCUT2D eigenvalue weighted by Crippen LogP contribution is 2.25. The Morgan fingerprint density at radius 1 is 0.923 bits per heavy atom. The summed E-state index contributed by atoms with van der Waals surface area (Å²) >= 11 is 0. The molecule has 0 spiro atoms. The van der Waals surface area contributed by atoms with Crippen molar-refractivity contribution in [3.63, 3.8) is 0 Å². The fraction of sp³-hybridized carbons (Fsp3) is 0.333. The van der Waals surface area contributed by atoms with Crippen LogP contribution in [0.1, 0.15) is 38.3 Å². The molecule has 3 aromatic rings. The van der Waals surface area contributed by atoms with Crippen molar-refractivity contribution in [2.24, 2.45) is 5.92 Å². The fourth-order valence-electron chi connectivity index (χ4n) is 4.10. The third-order valence-corrected chi connectivity index (χ3v) is 8.06. The van der Waals surface area contributed by atoms with Gasteiger partial charge in [0.15, 0.2) is 0 Å². The van der Waals surface area contributed by atoms with E-state index >= 15 is 0 Å². The van der Waals surface area contributed by atoms with Gasteiger partial charge in [0, 0.05) is 13.1 Å².